The van der Waals surface area contributed by atoms with Gasteiger partial charge < -0.3 is 5.11 Å². The molecule has 0 aromatic heterocycles. The van der Waals surface area contributed by atoms with Gasteiger partial charge in [-0.05, 0) is 55.3 Å². The minimum atomic E-state index is -0.622. The van der Waals surface area contributed by atoms with Crippen LogP contribution in [0.4, 0.5) is 0 Å². The number of rotatable bonds is 1. The summed E-state index contributed by atoms with van der Waals surface area (Å²) in [6, 6.07) is 0.308. The van der Waals surface area contributed by atoms with Crippen molar-refractivity contribution in [2.45, 2.75) is 56.6 Å². The topological polar surface area (TPSA) is 41.5 Å². The van der Waals surface area contributed by atoms with Gasteiger partial charge in [-0.1, -0.05) is 37.5 Å². The van der Waals surface area contributed by atoms with Gasteiger partial charge in [-0.25, -0.2) is 0 Å². The molecule has 124 valence electrons. The van der Waals surface area contributed by atoms with Crippen LogP contribution in [-0.4, -0.2) is 21.8 Å². The fourth-order valence-corrected chi connectivity index (χ4v) is 6.86. The number of nitrogens with one attached hydrogen (secondary N) is 1. The number of hydroxylamine groups is 1. The van der Waals surface area contributed by atoms with E-state index in [1.807, 2.05) is 0 Å². The van der Waals surface area contributed by atoms with Crippen molar-refractivity contribution in [1.82, 2.24) is 5.48 Å². The zero-order valence-electron chi connectivity index (χ0n) is 13.4. The highest BCUT2D eigenvalue weighted by Gasteiger charge is 2.63. The molecule has 4 aliphatic carbocycles. The normalized spacial score (nSPS) is 50.5. The third-order valence-electron chi connectivity index (χ3n) is 7.44. The van der Waals surface area contributed by atoms with Crippen LogP contribution < -0.4 is 5.48 Å². The van der Waals surface area contributed by atoms with E-state index in [-0.39, 0.29) is 5.05 Å². The Kier molecular flexibility index (Phi) is 3.27. The molecule has 0 aromatic rings. The Morgan fingerprint density at radius 2 is 2.09 bits per heavy atom. The molecular weight excluding hydrogens is 306 g/mol. The first-order valence-corrected chi connectivity index (χ1v) is 9.68. The molecule has 0 spiro atoms. The molecule has 0 bridgehead atoms. The first-order valence-electron chi connectivity index (χ1n) is 9.27. The molecule has 3 nitrogen and oxygen atoms in total. The van der Waals surface area contributed by atoms with Crippen molar-refractivity contribution in [3.8, 4) is 0 Å². The summed E-state index contributed by atoms with van der Waals surface area (Å²) in [4.78, 5) is 6.31. The SMILES string of the molecule is OC(=S)C12ONC3C4=CC=CC4CC3C1CCC1CCCCC12. The molecule has 2 N–H and O–H groups in total. The molecule has 23 heavy (non-hydrogen) atoms. The Balaban J connectivity index is 1.54. The Morgan fingerprint density at radius 1 is 1.22 bits per heavy atom. The number of allylic oxidation sites excluding steroid dienone is 3. The summed E-state index contributed by atoms with van der Waals surface area (Å²) >= 11 is 5.40. The van der Waals surface area contributed by atoms with Gasteiger partial charge in [0.05, 0.1) is 6.04 Å². The van der Waals surface area contributed by atoms with Crippen molar-refractivity contribution in [3.05, 3.63) is 23.8 Å². The van der Waals surface area contributed by atoms with Gasteiger partial charge >= 0.3 is 0 Å². The van der Waals surface area contributed by atoms with Crippen molar-refractivity contribution >= 4 is 17.3 Å². The molecule has 3 saturated carbocycles. The van der Waals surface area contributed by atoms with Crippen LogP contribution in [-0.2, 0) is 4.84 Å². The monoisotopic (exact) mass is 331 g/mol. The van der Waals surface area contributed by atoms with Crippen LogP contribution in [0.25, 0.3) is 0 Å². The molecular formula is C19H25NO2S. The second-order valence-electron chi connectivity index (χ2n) is 8.19. The molecule has 7 atom stereocenters. The maximum Gasteiger partial charge on any atom is 0.192 e. The first kappa shape index (κ1) is 14.6. The Bertz CT molecular complexity index is 600. The molecule has 0 aromatic carbocycles. The molecule has 4 fully saturated rings. The van der Waals surface area contributed by atoms with Crippen molar-refractivity contribution < 1.29 is 9.94 Å². The van der Waals surface area contributed by atoms with Crippen LogP contribution >= 0.6 is 12.2 Å². The summed E-state index contributed by atoms with van der Waals surface area (Å²) < 4.78 is 0. The summed E-state index contributed by atoms with van der Waals surface area (Å²) in [6.45, 7) is 0. The highest BCUT2D eigenvalue weighted by Crippen LogP contribution is 2.58. The summed E-state index contributed by atoms with van der Waals surface area (Å²) in [5.41, 5.74) is 4.20. The number of aliphatic hydroxyl groups is 1. The third kappa shape index (κ3) is 1.86. The Labute approximate surface area is 143 Å². The van der Waals surface area contributed by atoms with Gasteiger partial charge in [-0.15, -0.1) is 0 Å². The summed E-state index contributed by atoms with van der Waals surface area (Å²) in [6.07, 6.45) is 15.3. The standard InChI is InChI=1S/C19H25NO2S/c21-18(23)19-15-7-2-1-4-11(15)8-9-16(19)14-10-12-5-3-6-13(12)17(14)20-22-19/h3,5-6,11-12,14-17,20H,1-2,4,7-10H2,(H,21,23). The number of aliphatic hydroxyl groups excluding tert-OH is 1. The highest BCUT2D eigenvalue weighted by molar-refractivity contribution is 7.80. The predicted molar refractivity (Wildman–Crippen MR) is 93.0 cm³/mol. The fraction of sp³-hybridized carbons (Fsp3) is 0.737. The lowest BCUT2D eigenvalue weighted by Gasteiger charge is -2.57. The molecule has 1 aliphatic heterocycles. The smallest absolute Gasteiger partial charge is 0.192 e. The van der Waals surface area contributed by atoms with Gasteiger partial charge in [0.25, 0.3) is 0 Å². The number of hydrogen-bond donors (Lipinski definition) is 2. The minimum absolute atomic E-state index is 0.103. The summed E-state index contributed by atoms with van der Waals surface area (Å²) in [7, 11) is 0. The third-order valence-corrected chi connectivity index (χ3v) is 7.76. The van der Waals surface area contributed by atoms with E-state index in [0.29, 0.717) is 35.6 Å². The average molecular weight is 331 g/mol. The van der Waals surface area contributed by atoms with E-state index in [1.54, 1.807) is 0 Å². The zero-order valence-corrected chi connectivity index (χ0v) is 14.2. The van der Waals surface area contributed by atoms with Crippen LogP contribution in [0.5, 0.6) is 0 Å². The Morgan fingerprint density at radius 3 is 2.96 bits per heavy atom. The van der Waals surface area contributed by atoms with E-state index in [9.17, 15) is 5.11 Å². The second-order valence-corrected chi connectivity index (χ2v) is 8.58. The van der Waals surface area contributed by atoms with Gasteiger partial charge in [0, 0.05) is 17.8 Å². The van der Waals surface area contributed by atoms with Crippen LogP contribution in [0.3, 0.4) is 0 Å². The quantitative estimate of drug-likeness (QED) is 0.716. The van der Waals surface area contributed by atoms with E-state index in [4.69, 9.17) is 17.1 Å². The number of thiocarbonyl (C=S) groups is 1. The second kappa shape index (κ2) is 5.14. The summed E-state index contributed by atoms with van der Waals surface area (Å²) in [5.74, 6) is 2.53. The molecule has 4 heteroatoms. The lowest BCUT2D eigenvalue weighted by atomic mass is 9.55. The van der Waals surface area contributed by atoms with Gasteiger partial charge in [0.2, 0.25) is 0 Å². The highest BCUT2D eigenvalue weighted by atomic mass is 32.1. The molecule has 1 heterocycles. The van der Waals surface area contributed by atoms with Crippen molar-refractivity contribution in [1.29, 1.82) is 0 Å². The average Bonchev–Trinajstić information content (AvgIpc) is 3.14. The van der Waals surface area contributed by atoms with Crippen LogP contribution in [0.1, 0.15) is 44.9 Å². The van der Waals surface area contributed by atoms with E-state index in [2.05, 4.69) is 23.7 Å². The van der Waals surface area contributed by atoms with Crippen LogP contribution in [0, 0.1) is 29.6 Å². The van der Waals surface area contributed by atoms with Crippen LogP contribution in [0.15, 0.2) is 23.8 Å². The van der Waals surface area contributed by atoms with Crippen LogP contribution in [0.2, 0.25) is 0 Å². The first-order chi connectivity index (χ1) is 11.2. The van der Waals surface area contributed by atoms with E-state index in [0.717, 1.165) is 12.8 Å². The molecule has 5 aliphatic rings. The van der Waals surface area contributed by atoms with Crippen molar-refractivity contribution in [2.75, 3.05) is 0 Å². The number of fused-ring (bicyclic) bond motifs is 7. The predicted octanol–water partition coefficient (Wildman–Crippen LogP) is 3.86. The van der Waals surface area contributed by atoms with Gasteiger partial charge in [-0.3, -0.25) is 4.84 Å². The molecule has 1 saturated heterocycles. The minimum Gasteiger partial charge on any atom is -0.500 e. The lowest BCUT2D eigenvalue weighted by molar-refractivity contribution is -0.221. The molecule has 0 radical (unpaired) electrons. The summed E-state index contributed by atoms with van der Waals surface area (Å²) in [5, 5.41) is 10.7. The maximum atomic E-state index is 10.6. The van der Waals surface area contributed by atoms with Crippen molar-refractivity contribution in [3.63, 3.8) is 0 Å². The van der Waals surface area contributed by atoms with Gasteiger partial charge in [0.1, 0.15) is 0 Å². The maximum absolute atomic E-state index is 10.6. The molecule has 0 amide bonds. The zero-order chi connectivity index (χ0) is 15.6. The largest absolute Gasteiger partial charge is 0.500 e. The number of hydrogen-bond acceptors (Lipinski definition) is 3. The molecule has 7 unspecified atom stereocenters. The Hall–Kier alpha value is -0.710. The van der Waals surface area contributed by atoms with Gasteiger partial charge in [0.15, 0.2) is 10.7 Å². The van der Waals surface area contributed by atoms with Crippen molar-refractivity contribution in [2.24, 2.45) is 29.6 Å². The molecule has 5 rings (SSSR count). The van der Waals surface area contributed by atoms with E-state index in [1.165, 1.54) is 37.7 Å². The van der Waals surface area contributed by atoms with E-state index < -0.39 is 5.60 Å². The fourth-order valence-electron chi connectivity index (χ4n) is 6.52. The lowest BCUT2D eigenvalue weighted by Crippen LogP contribution is -2.67. The van der Waals surface area contributed by atoms with Gasteiger partial charge in [-0.2, -0.15) is 5.48 Å². The van der Waals surface area contributed by atoms with E-state index >= 15 is 0 Å².